The minimum absolute atomic E-state index is 0.0841. The Balaban J connectivity index is 3.37. The van der Waals surface area contributed by atoms with Gasteiger partial charge in [0.05, 0.1) is 0 Å². The van der Waals surface area contributed by atoms with Gasteiger partial charge in [-0.3, -0.25) is 0 Å². The molecule has 0 bridgehead atoms. The summed E-state index contributed by atoms with van der Waals surface area (Å²) < 4.78 is 1.90. The molecule has 0 fully saturated rings. The van der Waals surface area contributed by atoms with Crippen LogP contribution in [0.25, 0.3) is 0 Å². The van der Waals surface area contributed by atoms with Crippen molar-refractivity contribution < 1.29 is 0 Å². The second-order valence-corrected chi connectivity index (χ2v) is 17.6. The zero-order valence-electron chi connectivity index (χ0n) is 7.96. The fraction of sp³-hybridized carbons (Fsp3) is 0.500. The predicted octanol–water partition coefficient (Wildman–Crippen LogP) is 1.23. The number of aryl methyl sites for hydroxylation is 1. The molecule has 0 aromatic carbocycles. The second-order valence-electron chi connectivity index (χ2n) is 3.86. The van der Waals surface area contributed by atoms with E-state index in [4.69, 9.17) is 0 Å². The first-order valence-corrected chi connectivity index (χ1v) is 13.8. The molecule has 66 valence electrons. The molecule has 1 rings (SSSR count). The van der Waals surface area contributed by atoms with Crippen molar-refractivity contribution in [2.45, 2.75) is 21.7 Å². The van der Waals surface area contributed by atoms with Crippen LogP contribution in [0.5, 0.6) is 0 Å². The first-order chi connectivity index (χ1) is 5.43. The van der Waals surface area contributed by atoms with Gasteiger partial charge in [-0.15, -0.1) is 0 Å². The quantitative estimate of drug-likeness (QED) is 0.721. The minimum atomic E-state index is -2.25. The zero-order chi connectivity index (χ0) is 9.35. The van der Waals surface area contributed by atoms with Gasteiger partial charge < -0.3 is 0 Å². The molecular formula is C8H14N2OSn. The van der Waals surface area contributed by atoms with Crippen LogP contribution in [0.3, 0.4) is 0 Å². The average molecular weight is 273 g/mol. The molecule has 0 radical (unpaired) electrons. The summed E-state index contributed by atoms with van der Waals surface area (Å²) in [4.78, 5) is 22.1. The van der Waals surface area contributed by atoms with Gasteiger partial charge in [0.1, 0.15) is 0 Å². The molecule has 0 N–H and O–H groups in total. The van der Waals surface area contributed by atoms with Gasteiger partial charge in [0.25, 0.3) is 0 Å². The van der Waals surface area contributed by atoms with Crippen molar-refractivity contribution in [3.63, 3.8) is 0 Å². The van der Waals surface area contributed by atoms with Crippen LogP contribution in [0.4, 0.5) is 0 Å². The molecule has 1 aromatic heterocycles. The van der Waals surface area contributed by atoms with Crippen molar-refractivity contribution in [3.8, 4) is 0 Å². The Kier molecular flexibility index (Phi) is 2.60. The molecule has 0 aliphatic heterocycles. The molecule has 3 nitrogen and oxygen atoms in total. The third-order valence-corrected chi connectivity index (χ3v) is 6.87. The summed E-state index contributed by atoms with van der Waals surface area (Å²) in [6.45, 7) is 1.76. The topological polar surface area (TPSA) is 34.9 Å². The van der Waals surface area contributed by atoms with E-state index in [1.165, 1.54) is 0 Å². The van der Waals surface area contributed by atoms with Crippen molar-refractivity contribution in [3.05, 3.63) is 28.4 Å². The summed E-state index contributed by atoms with van der Waals surface area (Å²) in [5, 5.41) is 0. The van der Waals surface area contributed by atoms with Gasteiger partial charge in [-0.1, -0.05) is 0 Å². The van der Waals surface area contributed by atoms with Gasteiger partial charge in [0.2, 0.25) is 0 Å². The molecule has 0 saturated carbocycles. The van der Waals surface area contributed by atoms with E-state index < -0.39 is 18.7 Å². The molecule has 12 heavy (non-hydrogen) atoms. The first-order valence-electron chi connectivity index (χ1n) is 3.97. The van der Waals surface area contributed by atoms with Gasteiger partial charge >= 0.3 is 76.6 Å². The van der Waals surface area contributed by atoms with Crippen LogP contribution in [0.2, 0.25) is 14.8 Å². The van der Waals surface area contributed by atoms with Gasteiger partial charge in [-0.2, -0.15) is 0 Å². The molecular weight excluding hydrogens is 259 g/mol. The number of rotatable bonds is 1. The molecule has 0 saturated heterocycles. The van der Waals surface area contributed by atoms with Crippen LogP contribution in [0, 0.1) is 6.92 Å². The standard InChI is InChI=1S/C5H6N2O.3CH3.Sn/c1-4-5(8)7-3-2-6-4;;;;/h2-3H,1H3,(H,7,8);3*1H3;/q;;;;+1/p-1. The summed E-state index contributed by atoms with van der Waals surface area (Å²) in [5.74, 6) is 0. The summed E-state index contributed by atoms with van der Waals surface area (Å²) >= 11 is -2.25. The Hall–Kier alpha value is -0.321. The number of nitrogens with zero attached hydrogens (tertiary/aromatic N) is 2. The zero-order valence-corrected chi connectivity index (χ0v) is 10.8. The molecule has 0 aliphatic carbocycles. The number of aromatic nitrogens is 2. The Morgan fingerprint density at radius 2 is 2.00 bits per heavy atom. The van der Waals surface area contributed by atoms with Crippen molar-refractivity contribution in [1.29, 1.82) is 0 Å². The van der Waals surface area contributed by atoms with Crippen LogP contribution in [-0.4, -0.2) is 26.4 Å². The van der Waals surface area contributed by atoms with Crippen molar-refractivity contribution in [2.75, 3.05) is 0 Å². The van der Waals surface area contributed by atoms with E-state index in [2.05, 4.69) is 19.8 Å². The van der Waals surface area contributed by atoms with Crippen LogP contribution in [-0.2, 0) is 0 Å². The van der Waals surface area contributed by atoms with E-state index >= 15 is 0 Å². The molecule has 0 amide bonds. The summed E-state index contributed by atoms with van der Waals surface area (Å²) in [6, 6.07) is 0. The van der Waals surface area contributed by atoms with Gasteiger partial charge in [-0.25, -0.2) is 0 Å². The number of hydrogen-bond acceptors (Lipinski definition) is 2. The third kappa shape index (κ3) is 1.88. The molecule has 1 heterocycles. The monoisotopic (exact) mass is 274 g/mol. The third-order valence-electron chi connectivity index (χ3n) is 1.73. The Morgan fingerprint density at radius 3 is 2.42 bits per heavy atom. The average Bonchev–Trinajstić information content (AvgIpc) is 1.92. The van der Waals surface area contributed by atoms with Crippen molar-refractivity contribution in [1.82, 2.24) is 7.77 Å². The van der Waals surface area contributed by atoms with Gasteiger partial charge in [0.15, 0.2) is 0 Å². The van der Waals surface area contributed by atoms with Gasteiger partial charge in [-0.05, 0) is 0 Å². The van der Waals surface area contributed by atoms with E-state index in [1.807, 2.05) is 8.99 Å². The molecule has 1 aromatic rings. The number of hydrogen-bond donors (Lipinski definition) is 0. The van der Waals surface area contributed by atoms with Crippen molar-refractivity contribution >= 4 is 18.7 Å². The maximum absolute atomic E-state index is 11.6. The van der Waals surface area contributed by atoms with Crippen LogP contribution in [0.1, 0.15) is 5.69 Å². The predicted molar refractivity (Wildman–Crippen MR) is 52.0 cm³/mol. The molecule has 4 heteroatoms. The first kappa shape index (κ1) is 9.76. The van der Waals surface area contributed by atoms with Crippen LogP contribution < -0.4 is 5.56 Å². The summed E-state index contributed by atoms with van der Waals surface area (Å²) in [6.07, 6.45) is 3.52. The molecule has 0 aliphatic rings. The normalized spacial score (nSPS) is 11.7. The Morgan fingerprint density at radius 1 is 1.42 bits per heavy atom. The second kappa shape index (κ2) is 3.20. The van der Waals surface area contributed by atoms with Crippen molar-refractivity contribution in [2.24, 2.45) is 0 Å². The van der Waals surface area contributed by atoms with Crippen LogP contribution in [0.15, 0.2) is 17.2 Å². The Labute approximate surface area is 76.7 Å². The summed E-state index contributed by atoms with van der Waals surface area (Å²) in [7, 11) is 0. The SMILES string of the molecule is Cc1ncc[n]([Sn]([CH3])([CH3])[CH3])c1=O. The van der Waals surface area contributed by atoms with E-state index in [0.717, 1.165) is 0 Å². The van der Waals surface area contributed by atoms with Gasteiger partial charge in [0, 0.05) is 0 Å². The van der Waals surface area contributed by atoms with E-state index in [9.17, 15) is 4.79 Å². The van der Waals surface area contributed by atoms with E-state index in [1.54, 1.807) is 13.1 Å². The summed E-state index contributed by atoms with van der Waals surface area (Å²) in [5.41, 5.74) is 0.685. The molecule has 0 atom stereocenters. The maximum atomic E-state index is 11.6. The van der Waals surface area contributed by atoms with E-state index in [0.29, 0.717) is 5.69 Å². The Bertz CT molecular complexity index is 338. The fourth-order valence-electron chi connectivity index (χ4n) is 1.04. The van der Waals surface area contributed by atoms with Crippen LogP contribution >= 0.6 is 0 Å². The molecule has 0 spiro atoms. The van der Waals surface area contributed by atoms with E-state index in [-0.39, 0.29) is 5.56 Å². The molecule has 0 unspecified atom stereocenters. The fourth-order valence-corrected chi connectivity index (χ4v) is 4.70.